The van der Waals surface area contributed by atoms with Gasteiger partial charge in [-0.2, -0.15) is 5.26 Å². The van der Waals surface area contributed by atoms with Gasteiger partial charge in [0.1, 0.15) is 11.9 Å². The molecule has 1 saturated heterocycles. The van der Waals surface area contributed by atoms with Gasteiger partial charge in [0.2, 0.25) is 5.91 Å². The van der Waals surface area contributed by atoms with Crippen LogP contribution < -0.4 is 10.6 Å². The largest absolute Gasteiger partial charge is 0.355 e. The minimum atomic E-state index is -0.253. The van der Waals surface area contributed by atoms with Crippen molar-refractivity contribution in [1.29, 1.82) is 5.26 Å². The normalized spacial score (nSPS) is 17.5. The zero-order valence-corrected chi connectivity index (χ0v) is 15.1. The third kappa shape index (κ3) is 4.90. The number of nitrogens with zero attached hydrogens (tertiary/aromatic N) is 3. The van der Waals surface area contributed by atoms with E-state index in [1.807, 2.05) is 18.2 Å². The van der Waals surface area contributed by atoms with Crippen LogP contribution in [-0.4, -0.2) is 40.8 Å². The molecule has 2 amide bonds. The molecule has 0 unspecified atom stereocenters. The molecule has 2 aromatic rings. The number of amides is 2. The van der Waals surface area contributed by atoms with E-state index in [4.69, 9.17) is 5.26 Å². The summed E-state index contributed by atoms with van der Waals surface area (Å²) in [5.41, 5.74) is 2.06. The molecule has 0 aliphatic carbocycles. The van der Waals surface area contributed by atoms with E-state index in [-0.39, 0.29) is 17.9 Å². The molecular weight excluding hydrogens is 342 g/mol. The quantitative estimate of drug-likeness (QED) is 0.865. The fourth-order valence-corrected chi connectivity index (χ4v) is 2.90. The van der Waals surface area contributed by atoms with Crippen LogP contribution in [0.25, 0.3) is 0 Å². The Kier molecular flexibility index (Phi) is 5.79. The highest BCUT2D eigenvalue weighted by Gasteiger charge is 2.20. The fraction of sp³-hybridized carbons (Fsp3) is 0.300. The maximum Gasteiger partial charge on any atom is 0.256 e. The molecule has 1 fully saturated rings. The first-order valence-corrected chi connectivity index (χ1v) is 8.82. The molecule has 0 bridgehead atoms. The molecule has 3 rings (SSSR count). The van der Waals surface area contributed by atoms with Crippen LogP contribution in [0.4, 0.5) is 5.82 Å². The van der Waals surface area contributed by atoms with Gasteiger partial charge < -0.3 is 10.6 Å². The minimum absolute atomic E-state index is 0.0905. The summed E-state index contributed by atoms with van der Waals surface area (Å²) in [5, 5.41) is 14.4. The monoisotopic (exact) mass is 363 g/mol. The van der Waals surface area contributed by atoms with Crippen molar-refractivity contribution in [3.05, 3.63) is 59.3 Å². The first-order valence-electron chi connectivity index (χ1n) is 8.82. The summed E-state index contributed by atoms with van der Waals surface area (Å²) in [6, 6.07) is 12.9. The van der Waals surface area contributed by atoms with Crippen molar-refractivity contribution in [2.75, 3.05) is 18.4 Å². The molecule has 1 atom stereocenters. The van der Waals surface area contributed by atoms with E-state index in [0.29, 0.717) is 29.9 Å². The number of hydrogen-bond donors (Lipinski definition) is 2. The van der Waals surface area contributed by atoms with Crippen molar-refractivity contribution in [3.63, 3.8) is 0 Å². The van der Waals surface area contributed by atoms with Gasteiger partial charge in [-0.25, -0.2) is 4.98 Å². The van der Waals surface area contributed by atoms with Crippen LogP contribution in [-0.2, 0) is 11.3 Å². The van der Waals surface area contributed by atoms with Gasteiger partial charge in [0.05, 0.1) is 5.56 Å². The van der Waals surface area contributed by atoms with Gasteiger partial charge in [-0.05, 0) is 36.8 Å². The maximum absolute atomic E-state index is 12.3. The second-order valence-corrected chi connectivity index (χ2v) is 6.57. The predicted octanol–water partition coefficient (Wildman–Crippen LogP) is 1.92. The summed E-state index contributed by atoms with van der Waals surface area (Å²) >= 11 is 0. The van der Waals surface area contributed by atoms with Crippen molar-refractivity contribution < 1.29 is 9.59 Å². The van der Waals surface area contributed by atoms with Crippen molar-refractivity contribution in [2.45, 2.75) is 25.9 Å². The van der Waals surface area contributed by atoms with Crippen LogP contribution in [0.2, 0.25) is 0 Å². The van der Waals surface area contributed by atoms with E-state index >= 15 is 0 Å². The number of carbonyl (C=O) groups is 2. The highest BCUT2D eigenvalue weighted by atomic mass is 16.2. The van der Waals surface area contributed by atoms with Gasteiger partial charge >= 0.3 is 0 Å². The third-order valence-corrected chi connectivity index (χ3v) is 4.58. The first kappa shape index (κ1) is 18.5. The summed E-state index contributed by atoms with van der Waals surface area (Å²) in [6.45, 7) is 4.20. The molecule has 7 heteroatoms. The van der Waals surface area contributed by atoms with Gasteiger partial charge in [0, 0.05) is 43.9 Å². The third-order valence-electron chi connectivity index (χ3n) is 4.58. The Bertz CT molecular complexity index is 855. The lowest BCUT2D eigenvalue weighted by atomic mass is 10.1. The van der Waals surface area contributed by atoms with Crippen LogP contribution in [0.3, 0.4) is 0 Å². The number of rotatable bonds is 4. The second kappa shape index (κ2) is 8.43. The van der Waals surface area contributed by atoms with Gasteiger partial charge in [-0.1, -0.05) is 12.1 Å². The van der Waals surface area contributed by atoms with Crippen LogP contribution in [0.5, 0.6) is 0 Å². The minimum Gasteiger partial charge on any atom is -0.355 e. The van der Waals surface area contributed by atoms with E-state index in [1.165, 1.54) is 6.20 Å². The smallest absolute Gasteiger partial charge is 0.256 e. The number of nitriles is 1. The molecule has 0 radical (unpaired) electrons. The Balaban J connectivity index is 1.61. The van der Waals surface area contributed by atoms with Gasteiger partial charge in [-0.3, -0.25) is 14.5 Å². The van der Waals surface area contributed by atoms with E-state index < -0.39 is 0 Å². The molecule has 2 N–H and O–H groups in total. The van der Waals surface area contributed by atoms with Crippen molar-refractivity contribution >= 4 is 17.6 Å². The number of benzene rings is 1. The van der Waals surface area contributed by atoms with Crippen molar-refractivity contribution in [1.82, 2.24) is 15.2 Å². The molecule has 1 aliphatic heterocycles. The van der Waals surface area contributed by atoms with Crippen LogP contribution >= 0.6 is 0 Å². The lowest BCUT2D eigenvalue weighted by molar-refractivity contribution is -0.120. The standard InChI is InChI=1S/C20H21N5O2/c1-14-11-23-19(26)8-9-25(14)13-15-2-5-17(6-3-15)20(27)24-18-7-4-16(10-21)12-22-18/h2-7,12,14H,8-9,11,13H2,1H3,(H,23,26)(H,22,24,27)/t14-/m1/s1. The zero-order chi connectivity index (χ0) is 19.2. The Morgan fingerprint density at radius 1 is 1.33 bits per heavy atom. The molecule has 2 heterocycles. The van der Waals surface area contributed by atoms with Gasteiger partial charge in [0.25, 0.3) is 5.91 Å². The molecule has 0 saturated carbocycles. The van der Waals surface area contributed by atoms with Crippen LogP contribution in [0.1, 0.15) is 34.8 Å². The van der Waals surface area contributed by atoms with Gasteiger partial charge in [-0.15, -0.1) is 0 Å². The Hall–Kier alpha value is -3.24. The molecule has 0 spiro atoms. The topological polar surface area (TPSA) is 98.1 Å². The number of hydrogen-bond acceptors (Lipinski definition) is 5. The first-order chi connectivity index (χ1) is 13.0. The molecule has 7 nitrogen and oxygen atoms in total. The Labute approximate surface area is 158 Å². The molecular formula is C20H21N5O2. The summed E-state index contributed by atoms with van der Waals surface area (Å²) in [6.07, 6.45) is 1.92. The average molecular weight is 363 g/mol. The number of aromatic nitrogens is 1. The molecule has 1 aromatic carbocycles. The number of nitrogens with one attached hydrogen (secondary N) is 2. The predicted molar refractivity (Wildman–Crippen MR) is 101 cm³/mol. The SMILES string of the molecule is C[C@@H]1CNC(=O)CCN1Cc1ccc(C(=O)Nc2ccc(C#N)cn2)cc1. The van der Waals surface area contributed by atoms with E-state index in [9.17, 15) is 9.59 Å². The van der Waals surface area contributed by atoms with E-state index in [1.54, 1.807) is 24.3 Å². The molecule has 138 valence electrons. The van der Waals surface area contributed by atoms with Crippen LogP contribution in [0.15, 0.2) is 42.6 Å². The van der Waals surface area contributed by atoms with E-state index in [2.05, 4.69) is 27.4 Å². The second-order valence-electron chi connectivity index (χ2n) is 6.57. The molecule has 1 aliphatic rings. The van der Waals surface area contributed by atoms with Crippen LogP contribution in [0, 0.1) is 11.3 Å². The lowest BCUT2D eigenvalue weighted by Crippen LogP contribution is -2.37. The maximum atomic E-state index is 12.3. The number of anilines is 1. The summed E-state index contributed by atoms with van der Waals surface area (Å²) in [7, 11) is 0. The summed E-state index contributed by atoms with van der Waals surface area (Å²) in [5.74, 6) is 0.239. The summed E-state index contributed by atoms with van der Waals surface area (Å²) < 4.78 is 0. The van der Waals surface area contributed by atoms with Gasteiger partial charge in [0.15, 0.2) is 0 Å². The lowest BCUT2D eigenvalue weighted by Gasteiger charge is -2.26. The van der Waals surface area contributed by atoms with E-state index in [0.717, 1.165) is 18.7 Å². The van der Waals surface area contributed by atoms with Crippen molar-refractivity contribution in [3.8, 4) is 6.07 Å². The Morgan fingerprint density at radius 3 is 2.78 bits per heavy atom. The Morgan fingerprint density at radius 2 is 2.11 bits per heavy atom. The number of carbonyl (C=O) groups excluding carboxylic acids is 2. The molecule has 27 heavy (non-hydrogen) atoms. The number of pyridine rings is 1. The highest BCUT2D eigenvalue weighted by molar-refractivity contribution is 6.03. The zero-order valence-electron chi connectivity index (χ0n) is 15.1. The highest BCUT2D eigenvalue weighted by Crippen LogP contribution is 2.13. The molecule has 1 aromatic heterocycles. The average Bonchev–Trinajstić information content (AvgIpc) is 2.85. The van der Waals surface area contributed by atoms with Crippen molar-refractivity contribution in [2.24, 2.45) is 0 Å². The summed E-state index contributed by atoms with van der Waals surface area (Å²) in [4.78, 5) is 30.2. The fourth-order valence-electron chi connectivity index (χ4n) is 2.90.